The maximum atomic E-state index is 12.5. The third kappa shape index (κ3) is 3.63. The molecule has 2 aromatic rings. The maximum Gasteiger partial charge on any atom is 0.265 e. The lowest BCUT2D eigenvalue weighted by Crippen LogP contribution is -2.14. The molecular formula is C13H10BrCl2NO3S. The van der Waals surface area contributed by atoms with E-state index >= 15 is 0 Å². The molecule has 8 heteroatoms. The minimum atomic E-state index is -3.90. The number of ether oxygens (including phenoxy) is 1. The molecule has 4 nitrogen and oxygen atoms in total. The molecule has 0 radical (unpaired) electrons. The Labute approximate surface area is 141 Å². The van der Waals surface area contributed by atoms with Crippen molar-refractivity contribution in [3.8, 4) is 5.75 Å². The average molecular weight is 411 g/mol. The average Bonchev–Trinajstić information content (AvgIpc) is 2.43. The van der Waals surface area contributed by atoms with Crippen LogP contribution in [0.15, 0.2) is 45.8 Å². The normalized spacial score (nSPS) is 11.2. The summed E-state index contributed by atoms with van der Waals surface area (Å²) in [5.74, 6) is 0.217. The van der Waals surface area contributed by atoms with Gasteiger partial charge < -0.3 is 4.74 Å². The van der Waals surface area contributed by atoms with Crippen LogP contribution in [-0.4, -0.2) is 15.5 Å². The molecule has 0 unspecified atom stereocenters. The first-order valence-corrected chi connectivity index (χ1v) is 8.69. The Kier molecular flexibility index (Phi) is 5.03. The fraction of sp³-hybridized carbons (Fsp3) is 0.0769. The van der Waals surface area contributed by atoms with Gasteiger partial charge >= 0.3 is 0 Å². The predicted octanol–water partition coefficient (Wildman–Crippen LogP) is 4.57. The van der Waals surface area contributed by atoms with Gasteiger partial charge in [0.1, 0.15) is 10.6 Å². The summed E-state index contributed by atoms with van der Waals surface area (Å²) in [6.45, 7) is 0. The highest BCUT2D eigenvalue weighted by Gasteiger charge is 2.22. The van der Waals surface area contributed by atoms with Gasteiger partial charge in [0.15, 0.2) is 0 Å². The fourth-order valence-electron chi connectivity index (χ4n) is 1.65. The fourth-order valence-corrected chi connectivity index (χ4v) is 4.06. The van der Waals surface area contributed by atoms with Gasteiger partial charge in [-0.1, -0.05) is 45.2 Å². The van der Waals surface area contributed by atoms with Crippen LogP contribution < -0.4 is 9.46 Å². The molecule has 2 rings (SSSR count). The summed E-state index contributed by atoms with van der Waals surface area (Å²) in [5.41, 5.74) is 0.128. The van der Waals surface area contributed by atoms with E-state index in [0.29, 0.717) is 4.47 Å². The van der Waals surface area contributed by atoms with Crippen LogP contribution >= 0.6 is 39.1 Å². The summed E-state index contributed by atoms with van der Waals surface area (Å²) in [7, 11) is -2.50. The third-order valence-corrected chi connectivity index (χ3v) is 5.11. The van der Waals surface area contributed by atoms with Gasteiger partial charge in [-0.3, -0.25) is 4.72 Å². The van der Waals surface area contributed by atoms with Crippen molar-refractivity contribution >= 4 is 54.8 Å². The molecule has 0 heterocycles. The second-order valence-corrected chi connectivity index (χ2v) is 7.38. The molecule has 112 valence electrons. The standard InChI is InChI=1S/C13H10BrCl2NO3S/c1-20-11-6-5-8(14)7-12(11)21(18,19)17-13-9(15)3-2-4-10(13)16/h2-7,17H,1H3. The van der Waals surface area contributed by atoms with E-state index in [1.807, 2.05) is 0 Å². The van der Waals surface area contributed by atoms with E-state index < -0.39 is 10.0 Å². The Balaban J connectivity index is 2.51. The van der Waals surface area contributed by atoms with E-state index in [1.165, 1.54) is 13.2 Å². The molecule has 0 aliphatic heterocycles. The molecule has 21 heavy (non-hydrogen) atoms. The minimum absolute atomic E-state index is 0.0182. The molecular weight excluding hydrogens is 401 g/mol. The Morgan fingerprint density at radius 2 is 1.76 bits per heavy atom. The van der Waals surface area contributed by atoms with E-state index in [2.05, 4.69) is 20.7 Å². The lowest BCUT2D eigenvalue weighted by atomic mass is 10.3. The van der Waals surface area contributed by atoms with E-state index in [0.717, 1.165) is 0 Å². The van der Waals surface area contributed by atoms with Gasteiger partial charge in [-0.25, -0.2) is 8.42 Å². The van der Waals surface area contributed by atoms with Crippen LogP contribution in [0.4, 0.5) is 5.69 Å². The summed E-state index contributed by atoms with van der Waals surface area (Å²) < 4.78 is 33.1. The Hall–Kier alpha value is -0.950. The van der Waals surface area contributed by atoms with Gasteiger partial charge in [-0.2, -0.15) is 0 Å². The first-order chi connectivity index (χ1) is 9.85. The number of benzene rings is 2. The van der Waals surface area contributed by atoms with Crippen LogP contribution in [0.25, 0.3) is 0 Å². The van der Waals surface area contributed by atoms with Gasteiger partial charge in [0.2, 0.25) is 0 Å². The second-order valence-electron chi connectivity index (χ2n) is 4.00. The van der Waals surface area contributed by atoms with Gasteiger partial charge in [-0.05, 0) is 30.3 Å². The monoisotopic (exact) mass is 409 g/mol. The molecule has 1 N–H and O–H groups in total. The molecule has 0 amide bonds. The molecule has 0 aliphatic rings. The number of methoxy groups -OCH3 is 1. The number of halogens is 3. The number of anilines is 1. The van der Waals surface area contributed by atoms with Gasteiger partial charge in [0, 0.05) is 4.47 Å². The number of rotatable bonds is 4. The van der Waals surface area contributed by atoms with Crippen molar-refractivity contribution < 1.29 is 13.2 Å². The van der Waals surface area contributed by atoms with Gasteiger partial charge in [0.25, 0.3) is 10.0 Å². The molecule has 0 saturated carbocycles. The molecule has 0 aromatic heterocycles. The summed E-state index contributed by atoms with van der Waals surface area (Å²) in [5, 5.41) is 0.417. The molecule has 2 aromatic carbocycles. The molecule has 0 aliphatic carbocycles. The lowest BCUT2D eigenvalue weighted by molar-refractivity contribution is 0.403. The highest BCUT2D eigenvalue weighted by molar-refractivity contribution is 9.10. The van der Waals surface area contributed by atoms with Crippen molar-refractivity contribution in [1.82, 2.24) is 0 Å². The Morgan fingerprint density at radius 3 is 2.33 bits per heavy atom. The molecule has 0 atom stereocenters. The van der Waals surface area contributed by atoms with Crippen molar-refractivity contribution in [3.63, 3.8) is 0 Å². The molecule has 0 fully saturated rings. The van der Waals surface area contributed by atoms with Crippen LogP contribution in [0.2, 0.25) is 10.0 Å². The molecule has 0 saturated heterocycles. The maximum absolute atomic E-state index is 12.5. The van der Waals surface area contributed by atoms with Crippen molar-refractivity contribution in [2.45, 2.75) is 4.90 Å². The zero-order valence-electron chi connectivity index (χ0n) is 10.7. The topological polar surface area (TPSA) is 55.4 Å². The van der Waals surface area contributed by atoms with Crippen molar-refractivity contribution in [1.29, 1.82) is 0 Å². The number of nitrogens with one attached hydrogen (secondary N) is 1. The summed E-state index contributed by atoms with van der Waals surface area (Å²) in [6.07, 6.45) is 0. The summed E-state index contributed by atoms with van der Waals surface area (Å²) in [6, 6.07) is 9.38. The first kappa shape index (κ1) is 16.4. The summed E-state index contributed by atoms with van der Waals surface area (Å²) in [4.78, 5) is -0.0182. The van der Waals surface area contributed by atoms with E-state index in [4.69, 9.17) is 27.9 Å². The molecule has 0 bridgehead atoms. The Morgan fingerprint density at radius 1 is 1.14 bits per heavy atom. The van der Waals surface area contributed by atoms with Crippen LogP contribution in [0.3, 0.4) is 0 Å². The van der Waals surface area contributed by atoms with Gasteiger partial charge in [-0.15, -0.1) is 0 Å². The smallest absolute Gasteiger partial charge is 0.265 e. The van der Waals surface area contributed by atoms with Crippen molar-refractivity contribution in [2.24, 2.45) is 0 Å². The second kappa shape index (κ2) is 6.44. The SMILES string of the molecule is COc1ccc(Br)cc1S(=O)(=O)Nc1c(Cl)cccc1Cl. The largest absolute Gasteiger partial charge is 0.495 e. The highest BCUT2D eigenvalue weighted by atomic mass is 79.9. The lowest BCUT2D eigenvalue weighted by Gasteiger charge is -2.13. The van der Waals surface area contributed by atoms with Crippen molar-refractivity contribution in [3.05, 3.63) is 50.9 Å². The third-order valence-electron chi connectivity index (χ3n) is 2.61. The number of hydrogen-bond donors (Lipinski definition) is 1. The quantitative estimate of drug-likeness (QED) is 0.803. The van der Waals surface area contributed by atoms with Crippen LogP contribution in [0.5, 0.6) is 5.75 Å². The van der Waals surface area contributed by atoms with Crippen molar-refractivity contribution in [2.75, 3.05) is 11.8 Å². The minimum Gasteiger partial charge on any atom is -0.495 e. The number of sulfonamides is 1. The zero-order valence-corrected chi connectivity index (χ0v) is 14.6. The van der Waals surface area contributed by atoms with Crippen LogP contribution in [-0.2, 0) is 10.0 Å². The van der Waals surface area contributed by atoms with E-state index in [9.17, 15) is 8.42 Å². The van der Waals surface area contributed by atoms with E-state index in [1.54, 1.807) is 30.3 Å². The zero-order chi connectivity index (χ0) is 15.6. The number of hydrogen-bond acceptors (Lipinski definition) is 3. The molecule has 0 spiro atoms. The van der Waals surface area contributed by atoms with Gasteiger partial charge in [0.05, 0.1) is 22.8 Å². The highest BCUT2D eigenvalue weighted by Crippen LogP contribution is 2.34. The van der Waals surface area contributed by atoms with E-state index in [-0.39, 0.29) is 26.4 Å². The van der Waals surface area contributed by atoms with Crippen LogP contribution in [0.1, 0.15) is 0 Å². The first-order valence-electron chi connectivity index (χ1n) is 5.65. The Bertz CT molecular complexity index is 761. The summed E-state index contributed by atoms with van der Waals surface area (Å²) >= 11 is 15.2. The van der Waals surface area contributed by atoms with Crippen LogP contribution in [0, 0.1) is 0 Å². The predicted molar refractivity (Wildman–Crippen MR) is 88.0 cm³/mol. The number of para-hydroxylation sites is 1.